The van der Waals surface area contributed by atoms with Crippen LogP contribution in [0.5, 0.6) is 0 Å². The lowest BCUT2D eigenvalue weighted by molar-refractivity contribution is 0.398. The Kier molecular flexibility index (Phi) is 3.65. The Balaban J connectivity index is 1.85. The van der Waals surface area contributed by atoms with Crippen LogP contribution < -0.4 is 5.76 Å². The van der Waals surface area contributed by atoms with Gasteiger partial charge in [-0.3, -0.25) is 9.56 Å². The van der Waals surface area contributed by atoms with E-state index < -0.39 is 0 Å². The van der Waals surface area contributed by atoms with Crippen LogP contribution in [0.15, 0.2) is 56.7 Å². The second-order valence-corrected chi connectivity index (χ2v) is 6.30. The molecule has 1 aromatic heterocycles. The molecule has 1 unspecified atom stereocenters. The van der Waals surface area contributed by atoms with Gasteiger partial charge in [0.05, 0.1) is 24.4 Å². The number of aryl methyl sites for hydroxylation is 1. The van der Waals surface area contributed by atoms with Gasteiger partial charge in [-0.15, -0.1) is 0 Å². The molecule has 1 aliphatic heterocycles. The third kappa shape index (κ3) is 2.51. The van der Waals surface area contributed by atoms with Gasteiger partial charge in [0.1, 0.15) is 0 Å². The van der Waals surface area contributed by atoms with E-state index in [1.54, 1.807) is 7.05 Å². The van der Waals surface area contributed by atoms with Crippen molar-refractivity contribution in [3.63, 3.8) is 0 Å². The topological polar surface area (TPSA) is 50.7 Å². The van der Waals surface area contributed by atoms with E-state index in [0.29, 0.717) is 10.6 Å². The maximum atomic E-state index is 11.7. The largest absolute Gasteiger partial charge is 0.419 e. The molecular weight excluding hydrogens is 326 g/mol. The zero-order chi connectivity index (χ0) is 16.7. The number of fused-ring (bicyclic) bond motifs is 1. The maximum Gasteiger partial charge on any atom is 0.419 e. The molecule has 6 heteroatoms. The molecule has 3 aromatic rings. The fourth-order valence-electron chi connectivity index (χ4n) is 3.13. The molecule has 0 spiro atoms. The van der Waals surface area contributed by atoms with Gasteiger partial charge in [0.25, 0.3) is 0 Å². The number of halogens is 1. The van der Waals surface area contributed by atoms with Gasteiger partial charge < -0.3 is 9.32 Å². The standard InChI is InChI=1S/C18H16ClN3O2/c1-21-15-7-4-13(10-16(15)24-18(21)23)17(22-9-8-20-11-22)12-2-5-14(19)6-3-12/h2-7,10-11,17H,8-9H2,1H3. The average Bonchev–Trinajstić information content (AvgIpc) is 3.19. The van der Waals surface area contributed by atoms with Crippen LogP contribution in [0.1, 0.15) is 17.2 Å². The van der Waals surface area contributed by atoms with E-state index in [2.05, 4.69) is 9.89 Å². The second-order valence-electron chi connectivity index (χ2n) is 5.87. The highest BCUT2D eigenvalue weighted by molar-refractivity contribution is 6.30. The molecule has 0 amide bonds. The number of oxazole rings is 1. The minimum atomic E-state index is -0.354. The first-order valence-corrected chi connectivity index (χ1v) is 8.12. The second kappa shape index (κ2) is 5.83. The van der Waals surface area contributed by atoms with E-state index in [1.807, 2.05) is 48.8 Å². The summed E-state index contributed by atoms with van der Waals surface area (Å²) in [5.74, 6) is -0.354. The van der Waals surface area contributed by atoms with Gasteiger partial charge in [-0.25, -0.2) is 4.79 Å². The van der Waals surface area contributed by atoms with Gasteiger partial charge in [0.15, 0.2) is 5.58 Å². The number of hydrogen-bond acceptors (Lipinski definition) is 4. The molecule has 0 fully saturated rings. The highest BCUT2D eigenvalue weighted by Gasteiger charge is 2.23. The first-order valence-electron chi connectivity index (χ1n) is 7.74. The molecule has 1 atom stereocenters. The summed E-state index contributed by atoms with van der Waals surface area (Å²) in [7, 11) is 1.71. The van der Waals surface area contributed by atoms with Crippen LogP contribution in [0.4, 0.5) is 0 Å². The summed E-state index contributed by atoms with van der Waals surface area (Å²) >= 11 is 6.03. The molecular formula is C18H16ClN3O2. The van der Waals surface area contributed by atoms with E-state index in [0.717, 1.165) is 29.7 Å². The summed E-state index contributed by atoms with van der Waals surface area (Å²) in [5, 5.41) is 0.706. The maximum absolute atomic E-state index is 11.7. The predicted octanol–water partition coefficient (Wildman–Crippen LogP) is 3.22. The number of benzene rings is 2. The highest BCUT2D eigenvalue weighted by Crippen LogP contribution is 2.31. The number of rotatable bonds is 3. The molecule has 0 N–H and O–H groups in total. The molecule has 2 heterocycles. The summed E-state index contributed by atoms with van der Waals surface area (Å²) in [6, 6.07) is 13.7. The van der Waals surface area contributed by atoms with E-state index in [4.69, 9.17) is 16.0 Å². The average molecular weight is 342 g/mol. The van der Waals surface area contributed by atoms with Crippen molar-refractivity contribution in [2.24, 2.45) is 12.0 Å². The molecule has 0 saturated heterocycles. The Morgan fingerprint density at radius 1 is 1.17 bits per heavy atom. The molecule has 5 nitrogen and oxygen atoms in total. The monoisotopic (exact) mass is 341 g/mol. The first kappa shape index (κ1) is 15.0. The van der Waals surface area contributed by atoms with Crippen LogP contribution in [0, 0.1) is 0 Å². The van der Waals surface area contributed by atoms with E-state index >= 15 is 0 Å². The Hall–Kier alpha value is -2.53. The van der Waals surface area contributed by atoms with Gasteiger partial charge in [-0.1, -0.05) is 29.8 Å². The first-order chi connectivity index (χ1) is 11.6. The van der Waals surface area contributed by atoms with Crippen molar-refractivity contribution >= 4 is 29.0 Å². The molecule has 1 aliphatic rings. The van der Waals surface area contributed by atoms with Gasteiger partial charge >= 0.3 is 5.76 Å². The zero-order valence-corrected chi connectivity index (χ0v) is 13.9. The van der Waals surface area contributed by atoms with Crippen LogP contribution in [0.3, 0.4) is 0 Å². The SMILES string of the molecule is Cn1c(=O)oc2cc(C(c3ccc(Cl)cc3)N3C=NCC3)ccc21. The van der Waals surface area contributed by atoms with Crippen LogP contribution in [0.25, 0.3) is 11.1 Å². The van der Waals surface area contributed by atoms with Crippen molar-refractivity contribution in [1.82, 2.24) is 9.47 Å². The Bertz CT molecular complexity index is 972. The van der Waals surface area contributed by atoms with Gasteiger partial charge in [0.2, 0.25) is 0 Å². The summed E-state index contributed by atoms with van der Waals surface area (Å²) in [6.07, 6.45) is 1.88. The molecule has 24 heavy (non-hydrogen) atoms. The fourth-order valence-corrected chi connectivity index (χ4v) is 3.26. The van der Waals surface area contributed by atoms with E-state index in [1.165, 1.54) is 4.57 Å². The molecule has 0 aliphatic carbocycles. The van der Waals surface area contributed by atoms with Gasteiger partial charge in [-0.2, -0.15) is 0 Å². The van der Waals surface area contributed by atoms with Crippen molar-refractivity contribution in [1.29, 1.82) is 0 Å². The van der Waals surface area contributed by atoms with Crippen LogP contribution in [-0.2, 0) is 7.05 Å². The fraction of sp³-hybridized carbons (Fsp3) is 0.222. The number of aromatic nitrogens is 1. The smallest absolute Gasteiger partial charge is 0.408 e. The Morgan fingerprint density at radius 2 is 1.92 bits per heavy atom. The molecule has 4 rings (SSSR count). The lowest BCUT2D eigenvalue weighted by Crippen LogP contribution is -2.26. The molecule has 2 aromatic carbocycles. The Labute approximate surface area is 143 Å². The normalized spacial score (nSPS) is 15.3. The van der Waals surface area contributed by atoms with Crippen molar-refractivity contribution in [2.75, 3.05) is 13.1 Å². The molecule has 122 valence electrons. The summed E-state index contributed by atoms with van der Waals surface area (Å²) < 4.78 is 6.85. The van der Waals surface area contributed by atoms with Gasteiger partial charge in [-0.05, 0) is 35.4 Å². The van der Waals surface area contributed by atoms with Crippen molar-refractivity contribution in [3.05, 3.63) is 69.2 Å². The lowest BCUT2D eigenvalue weighted by atomic mass is 9.97. The van der Waals surface area contributed by atoms with Crippen molar-refractivity contribution in [3.8, 4) is 0 Å². The Morgan fingerprint density at radius 3 is 2.62 bits per heavy atom. The van der Waals surface area contributed by atoms with Crippen LogP contribution >= 0.6 is 11.6 Å². The summed E-state index contributed by atoms with van der Waals surface area (Å²) in [5.41, 5.74) is 3.54. The van der Waals surface area contributed by atoms with E-state index in [9.17, 15) is 4.79 Å². The predicted molar refractivity (Wildman–Crippen MR) is 94.8 cm³/mol. The zero-order valence-electron chi connectivity index (χ0n) is 13.1. The number of nitrogens with zero attached hydrogens (tertiary/aromatic N) is 3. The number of aliphatic imine (C=N–C) groups is 1. The molecule has 0 radical (unpaired) electrons. The van der Waals surface area contributed by atoms with Crippen molar-refractivity contribution < 1.29 is 4.42 Å². The molecule has 0 bridgehead atoms. The lowest BCUT2D eigenvalue weighted by Gasteiger charge is -2.27. The minimum Gasteiger partial charge on any atom is -0.408 e. The minimum absolute atomic E-state index is 0.00317. The quantitative estimate of drug-likeness (QED) is 0.735. The van der Waals surface area contributed by atoms with Gasteiger partial charge in [0, 0.05) is 18.6 Å². The third-order valence-corrected chi connectivity index (χ3v) is 4.62. The highest BCUT2D eigenvalue weighted by atomic mass is 35.5. The van der Waals surface area contributed by atoms with E-state index in [-0.39, 0.29) is 11.8 Å². The van der Waals surface area contributed by atoms with Crippen LogP contribution in [-0.4, -0.2) is 28.9 Å². The summed E-state index contributed by atoms with van der Waals surface area (Å²) in [4.78, 5) is 18.3. The molecule has 0 saturated carbocycles. The summed E-state index contributed by atoms with van der Waals surface area (Å²) in [6.45, 7) is 1.64. The van der Waals surface area contributed by atoms with Crippen molar-refractivity contribution in [2.45, 2.75) is 6.04 Å². The van der Waals surface area contributed by atoms with Crippen LogP contribution in [0.2, 0.25) is 5.02 Å². The number of hydrogen-bond donors (Lipinski definition) is 0. The third-order valence-electron chi connectivity index (χ3n) is 4.37.